The van der Waals surface area contributed by atoms with Crippen molar-refractivity contribution in [3.63, 3.8) is 0 Å². The molecular weight excluding hydrogens is 196 g/mol. The molecule has 0 aromatic heterocycles. The SMILES string of the molecule is CCCCN(CC)CCCCC(C)NCC. The van der Waals surface area contributed by atoms with E-state index in [0.29, 0.717) is 6.04 Å². The van der Waals surface area contributed by atoms with Crippen LogP contribution in [0.4, 0.5) is 0 Å². The lowest BCUT2D eigenvalue weighted by atomic mass is 10.1. The monoisotopic (exact) mass is 228 g/mol. The fourth-order valence-electron chi connectivity index (χ4n) is 2.05. The summed E-state index contributed by atoms with van der Waals surface area (Å²) in [6.45, 7) is 13.9. The van der Waals surface area contributed by atoms with E-state index in [9.17, 15) is 0 Å². The minimum atomic E-state index is 0.690. The molecule has 0 amide bonds. The third kappa shape index (κ3) is 9.17. The largest absolute Gasteiger partial charge is 0.315 e. The van der Waals surface area contributed by atoms with E-state index in [1.165, 1.54) is 51.7 Å². The third-order valence-electron chi connectivity index (χ3n) is 3.19. The van der Waals surface area contributed by atoms with E-state index in [1.807, 2.05) is 0 Å². The van der Waals surface area contributed by atoms with Gasteiger partial charge in [0.05, 0.1) is 0 Å². The van der Waals surface area contributed by atoms with Crippen LogP contribution in [0.3, 0.4) is 0 Å². The van der Waals surface area contributed by atoms with Crippen LogP contribution in [0.15, 0.2) is 0 Å². The molecule has 0 saturated carbocycles. The average molecular weight is 228 g/mol. The molecule has 0 spiro atoms. The molecule has 0 heterocycles. The van der Waals surface area contributed by atoms with Crippen LogP contribution in [-0.4, -0.2) is 37.1 Å². The summed E-state index contributed by atoms with van der Waals surface area (Å²) in [6, 6.07) is 0.690. The second-order valence-electron chi connectivity index (χ2n) is 4.74. The van der Waals surface area contributed by atoms with E-state index in [1.54, 1.807) is 0 Å². The van der Waals surface area contributed by atoms with Gasteiger partial charge in [-0.05, 0) is 52.4 Å². The molecule has 0 bridgehead atoms. The highest BCUT2D eigenvalue weighted by atomic mass is 15.1. The van der Waals surface area contributed by atoms with Gasteiger partial charge in [-0.1, -0.05) is 33.6 Å². The summed E-state index contributed by atoms with van der Waals surface area (Å²) in [5.41, 5.74) is 0. The zero-order chi connectivity index (χ0) is 12.2. The summed E-state index contributed by atoms with van der Waals surface area (Å²) in [6.07, 6.45) is 6.69. The molecule has 2 nitrogen and oxygen atoms in total. The standard InChI is InChI=1S/C14H32N2/c1-5-8-12-16(7-3)13-10-9-11-14(4)15-6-2/h14-15H,5-13H2,1-4H3. The first-order chi connectivity index (χ1) is 7.74. The molecule has 0 radical (unpaired) electrons. The average Bonchev–Trinajstić information content (AvgIpc) is 2.28. The lowest BCUT2D eigenvalue weighted by Gasteiger charge is -2.20. The second kappa shape index (κ2) is 11.4. The minimum Gasteiger partial charge on any atom is -0.315 e. The van der Waals surface area contributed by atoms with Gasteiger partial charge in [-0.3, -0.25) is 0 Å². The highest BCUT2D eigenvalue weighted by Crippen LogP contribution is 2.03. The number of nitrogens with zero attached hydrogens (tertiary/aromatic N) is 1. The fraction of sp³-hybridized carbons (Fsp3) is 1.00. The van der Waals surface area contributed by atoms with Crippen LogP contribution in [0.2, 0.25) is 0 Å². The van der Waals surface area contributed by atoms with Gasteiger partial charge in [0, 0.05) is 6.04 Å². The van der Waals surface area contributed by atoms with Crippen molar-refractivity contribution >= 4 is 0 Å². The van der Waals surface area contributed by atoms with Gasteiger partial charge < -0.3 is 10.2 Å². The Kier molecular flexibility index (Phi) is 11.3. The lowest BCUT2D eigenvalue weighted by molar-refractivity contribution is 0.274. The van der Waals surface area contributed by atoms with Crippen molar-refractivity contribution in [2.45, 2.75) is 65.8 Å². The number of hydrogen-bond acceptors (Lipinski definition) is 2. The normalized spacial score (nSPS) is 13.3. The van der Waals surface area contributed by atoms with E-state index in [0.717, 1.165) is 6.54 Å². The van der Waals surface area contributed by atoms with E-state index in [4.69, 9.17) is 0 Å². The summed E-state index contributed by atoms with van der Waals surface area (Å²) < 4.78 is 0. The van der Waals surface area contributed by atoms with Crippen molar-refractivity contribution in [2.75, 3.05) is 26.2 Å². The van der Waals surface area contributed by atoms with E-state index < -0.39 is 0 Å². The van der Waals surface area contributed by atoms with Crippen LogP contribution in [0, 0.1) is 0 Å². The Bertz CT molecular complexity index is 137. The van der Waals surface area contributed by atoms with Gasteiger partial charge in [0.2, 0.25) is 0 Å². The summed E-state index contributed by atoms with van der Waals surface area (Å²) in [5.74, 6) is 0. The first-order valence-corrected chi connectivity index (χ1v) is 7.20. The van der Waals surface area contributed by atoms with Crippen LogP contribution in [0.1, 0.15) is 59.8 Å². The molecule has 0 aromatic carbocycles. The molecule has 0 rings (SSSR count). The van der Waals surface area contributed by atoms with Crippen LogP contribution in [0.5, 0.6) is 0 Å². The summed E-state index contributed by atoms with van der Waals surface area (Å²) in [4.78, 5) is 2.58. The van der Waals surface area contributed by atoms with Crippen LogP contribution < -0.4 is 5.32 Å². The Morgan fingerprint density at radius 2 is 1.69 bits per heavy atom. The first kappa shape index (κ1) is 15.9. The smallest absolute Gasteiger partial charge is 0.00386 e. The first-order valence-electron chi connectivity index (χ1n) is 7.20. The highest BCUT2D eigenvalue weighted by Gasteiger charge is 2.02. The van der Waals surface area contributed by atoms with E-state index >= 15 is 0 Å². The predicted molar refractivity (Wildman–Crippen MR) is 74.0 cm³/mol. The van der Waals surface area contributed by atoms with Crippen molar-refractivity contribution in [3.8, 4) is 0 Å². The number of nitrogens with one attached hydrogen (secondary N) is 1. The van der Waals surface area contributed by atoms with E-state index in [-0.39, 0.29) is 0 Å². The quantitative estimate of drug-likeness (QED) is 0.546. The number of hydrogen-bond donors (Lipinski definition) is 1. The molecule has 0 saturated heterocycles. The van der Waals surface area contributed by atoms with Gasteiger partial charge in [-0.2, -0.15) is 0 Å². The molecule has 98 valence electrons. The third-order valence-corrected chi connectivity index (χ3v) is 3.19. The Labute approximate surface area is 103 Å². The van der Waals surface area contributed by atoms with Crippen molar-refractivity contribution in [2.24, 2.45) is 0 Å². The molecule has 16 heavy (non-hydrogen) atoms. The minimum absolute atomic E-state index is 0.690. The Hall–Kier alpha value is -0.0800. The summed E-state index contributed by atoms with van der Waals surface area (Å²) in [7, 11) is 0. The maximum absolute atomic E-state index is 3.47. The Balaban J connectivity index is 3.39. The molecule has 0 aliphatic rings. The fourth-order valence-corrected chi connectivity index (χ4v) is 2.05. The molecule has 1 unspecified atom stereocenters. The van der Waals surface area contributed by atoms with Gasteiger partial charge in [-0.25, -0.2) is 0 Å². The molecule has 1 N–H and O–H groups in total. The highest BCUT2D eigenvalue weighted by molar-refractivity contribution is 4.61. The van der Waals surface area contributed by atoms with Crippen LogP contribution >= 0.6 is 0 Å². The van der Waals surface area contributed by atoms with Gasteiger partial charge in [0.15, 0.2) is 0 Å². The summed E-state index contributed by atoms with van der Waals surface area (Å²) in [5, 5.41) is 3.47. The van der Waals surface area contributed by atoms with Gasteiger partial charge in [0.25, 0.3) is 0 Å². The van der Waals surface area contributed by atoms with Crippen molar-refractivity contribution < 1.29 is 0 Å². The molecule has 2 heteroatoms. The second-order valence-corrected chi connectivity index (χ2v) is 4.74. The van der Waals surface area contributed by atoms with Crippen LogP contribution in [0.25, 0.3) is 0 Å². The maximum Gasteiger partial charge on any atom is 0.00386 e. The molecule has 0 aromatic rings. The zero-order valence-electron chi connectivity index (χ0n) is 11.9. The topological polar surface area (TPSA) is 15.3 Å². The lowest BCUT2D eigenvalue weighted by Crippen LogP contribution is -2.27. The summed E-state index contributed by atoms with van der Waals surface area (Å²) >= 11 is 0. The van der Waals surface area contributed by atoms with Crippen molar-refractivity contribution in [1.29, 1.82) is 0 Å². The van der Waals surface area contributed by atoms with Crippen molar-refractivity contribution in [1.82, 2.24) is 10.2 Å². The number of rotatable bonds is 11. The molecule has 0 fully saturated rings. The van der Waals surface area contributed by atoms with Gasteiger partial charge in [-0.15, -0.1) is 0 Å². The van der Waals surface area contributed by atoms with Crippen molar-refractivity contribution in [3.05, 3.63) is 0 Å². The Morgan fingerprint density at radius 3 is 2.25 bits per heavy atom. The van der Waals surface area contributed by atoms with Gasteiger partial charge in [0.1, 0.15) is 0 Å². The molecular formula is C14H32N2. The predicted octanol–water partition coefficient (Wildman–Crippen LogP) is 3.28. The van der Waals surface area contributed by atoms with E-state index in [2.05, 4.69) is 37.9 Å². The van der Waals surface area contributed by atoms with Crippen LogP contribution in [-0.2, 0) is 0 Å². The number of unbranched alkanes of at least 4 members (excludes halogenated alkanes) is 2. The molecule has 1 atom stereocenters. The molecule has 0 aliphatic carbocycles. The zero-order valence-corrected chi connectivity index (χ0v) is 11.9. The van der Waals surface area contributed by atoms with Gasteiger partial charge >= 0.3 is 0 Å². The maximum atomic E-state index is 3.47. The molecule has 0 aliphatic heterocycles. The Morgan fingerprint density at radius 1 is 1.00 bits per heavy atom.